The van der Waals surface area contributed by atoms with E-state index in [-0.39, 0.29) is 12.3 Å². The van der Waals surface area contributed by atoms with Gasteiger partial charge in [-0.25, -0.2) is 0 Å². The molecule has 0 spiro atoms. The van der Waals surface area contributed by atoms with Crippen LogP contribution in [0.2, 0.25) is 0 Å². The third kappa shape index (κ3) is 4.59. The first kappa shape index (κ1) is 16.6. The number of aryl methyl sites for hydroxylation is 2. The number of hydrogen-bond acceptors (Lipinski definition) is 5. The average Bonchev–Trinajstić information content (AvgIpc) is 2.73. The highest BCUT2D eigenvalue weighted by atomic mass is 16.5. The van der Waals surface area contributed by atoms with Gasteiger partial charge in [0.05, 0.1) is 11.1 Å². The Morgan fingerprint density at radius 1 is 1.30 bits per heavy atom. The molecule has 0 saturated carbocycles. The van der Waals surface area contributed by atoms with Crippen LogP contribution >= 0.6 is 0 Å². The fourth-order valence-electron chi connectivity index (χ4n) is 1.50. The van der Waals surface area contributed by atoms with Gasteiger partial charge in [0.2, 0.25) is 11.8 Å². The molecule has 114 valence electrons. The molecule has 1 heterocycles. The summed E-state index contributed by atoms with van der Waals surface area (Å²) in [6.45, 7) is 8.96. The normalized spacial score (nSPS) is 12.5. The van der Waals surface area contributed by atoms with Crippen LogP contribution in [0, 0.1) is 0 Å². The molecule has 0 bridgehead atoms. The zero-order valence-corrected chi connectivity index (χ0v) is 13.0. The van der Waals surface area contributed by atoms with Gasteiger partial charge in [0.15, 0.2) is 5.82 Å². The van der Waals surface area contributed by atoms with Crippen LogP contribution in [0.1, 0.15) is 59.2 Å². The van der Waals surface area contributed by atoms with Crippen molar-refractivity contribution in [1.82, 2.24) is 15.5 Å². The molecular weight excluding hydrogens is 258 g/mol. The van der Waals surface area contributed by atoms with E-state index < -0.39 is 11.1 Å². The first-order valence-electron chi connectivity index (χ1n) is 7.00. The topological polar surface area (TPSA) is 88.2 Å². The zero-order valence-electron chi connectivity index (χ0n) is 13.0. The summed E-state index contributed by atoms with van der Waals surface area (Å²) in [4.78, 5) is 16.1. The molecule has 0 saturated heterocycles. The van der Waals surface area contributed by atoms with Crippen molar-refractivity contribution in [2.75, 3.05) is 0 Å². The number of carbonyl (C=O) groups excluding carboxylic acids is 1. The van der Waals surface area contributed by atoms with Gasteiger partial charge in [0.25, 0.3) is 0 Å². The minimum absolute atomic E-state index is 0.146. The van der Waals surface area contributed by atoms with Crippen molar-refractivity contribution in [3.63, 3.8) is 0 Å². The first-order valence-corrected chi connectivity index (χ1v) is 7.00. The van der Waals surface area contributed by atoms with Crippen molar-refractivity contribution in [2.45, 2.75) is 71.4 Å². The van der Waals surface area contributed by atoms with E-state index in [0.29, 0.717) is 18.1 Å². The van der Waals surface area contributed by atoms with Crippen molar-refractivity contribution < 1.29 is 14.4 Å². The molecule has 0 unspecified atom stereocenters. The predicted octanol–water partition coefficient (Wildman–Crippen LogP) is 1.62. The van der Waals surface area contributed by atoms with Crippen LogP contribution in [0.5, 0.6) is 0 Å². The number of aliphatic hydroxyl groups is 1. The second-order valence-electron chi connectivity index (χ2n) is 6.09. The summed E-state index contributed by atoms with van der Waals surface area (Å²) in [5, 5.41) is 16.6. The molecule has 2 N–H and O–H groups in total. The number of nitrogens with one attached hydrogen (secondary N) is 1. The van der Waals surface area contributed by atoms with E-state index >= 15 is 0 Å². The highest BCUT2D eigenvalue weighted by Gasteiger charge is 2.36. The van der Waals surface area contributed by atoms with E-state index in [2.05, 4.69) is 15.5 Å². The molecule has 20 heavy (non-hydrogen) atoms. The molecule has 1 rings (SSSR count). The number of hydrogen-bond donors (Lipinski definition) is 2. The van der Waals surface area contributed by atoms with Gasteiger partial charge in [0, 0.05) is 19.3 Å². The monoisotopic (exact) mass is 283 g/mol. The van der Waals surface area contributed by atoms with Gasteiger partial charge >= 0.3 is 0 Å². The molecule has 0 aliphatic heterocycles. The molecule has 0 aromatic carbocycles. The molecule has 0 aliphatic carbocycles. The summed E-state index contributed by atoms with van der Waals surface area (Å²) in [5.41, 5.74) is -1.70. The Bertz CT molecular complexity index is 447. The molecular formula is C14H25N3O3. The van der Waals surface area contributed by atoms with Crippen LogP contribution < -0.4 is 5.32 Å². The van der Waals surface area contributed by atoms with Gasteiger partial charge in [-0.2, -0.15) is 4.98 Å². The number of rotatable bonds is 7. The van der Waals surface area contributed by atoms with E-state index in [0.717, 1.165) is 12.8 Å². The SMILES string of the molecule is CCCc1noc(CCC(=O)NC(C)(C)C(C)(C)O)n1. The van der Waals surface area contributed by atoms with Crippen LogP contribution in [0.15, 0.2) is 4.52 Å². The smallest absolute Gasteiger partial charge is 0.227 e. The third-order valence-electron chi connectivity index (χ3n) is 3.53. The highest BCUT2D eigenvalue weighted by molar-refractivity contribution is 5.77. The Hall–Kier alpha value is -1.43. The maximum Gasteiger partial charge on any atom is 0.227 e. The van der Waals surface area contributed by atoms with E-state index in [4.69, 9.17) is 4.52 Å². The van der Waals surface area contributed by atoms with Crippen molar-refractivity contribution in [1.29, 1.82) is 0 Å². The minimum Gasteiger partial charge on any atom is -0.388 e. The standard InChI is InChI=1S/C14H25N3O3/c1-6-7-10-15-12(20-17-10)9-8-11(18)16-13(2,3)14(4,5)19/h19H,6-9H2,1-5H3,(H,16,18). The number of amides is 1. The summed E-state index contributed by atoms with van der Waals surface area (Å²) in [6.07, 6.45) is 2.40. The second-order valence-corrected chi connectivity index (χ2v) is 6.09. The molecule has 0 fully saturated rings. The van der Waals surface area contributed by atoms with Gasteiger partial charge in [-0.3, -0.25) is 4.79 Å². The van der Waals surface area contributed by atoms with Crippen molar-refractivity contribution in [3.8, 4) is 0 Å². The average molecular weight is 283 g/mol. The van der Waals surface area contributed by atoms with E-state index in [1.807, 2.05) is 6.92 Å². The Balaban J connectivity index is 2.47. The lowest BCUT2D eigenvalue weighted by Crippen LogP contribution is -2.57. The molecule has 1 amide bonds. The van der Waals surface area contributed by atoms with E-state index in [1.54, 1.807) is 27.7 Å². The Morgan fingerprint density at radius 3 is 2.50 bits per heavy atom. The predicted molar refractivity (Wildman–Crippen MR) is 75.1 cm³/mol. The van der Waals surface area contributed by atoms with Crippen LogP contribution in [-0.4, -0.2) is 32.3 Å². The maximum absolute atomic E-state index is 11.9. The molecule has 0 atom stereocenters. The fourth-order valence-corrected chi connectivity index (χ4v) is 1.50. The summed E-state index contributed by atoms with van der Waals surface area (Å²) >= 11 is 0. The third-order valence-corrected chi connectivity index (χ3v) is 3.53. The fraction of sp³-hybridized carbons (Fsp3) is 0.786. The Labute approximate surface area is 120 Å². The van der Waals surface area contributed by atoms with Gasteiger partial charge in [-0.05, 0) is 34.1 Å². The first-order chi connectivity index (χ1) is 9.15. The molecule has 0 aliphatic rings. The number of nitrogens with zero attached hydrogens (tertiary/aromatic N) is 2. The Kier molecular flexibility index (Phi) is 5.28. The number of carbonyl (C=O) groups is 1. The van der Waals surface area contributed by atoms with Gasteiger partial charge in [0.1, 0.15) is 0 Å². The molecule has 0 radical (unpaired) electrons. The van der Waals surface area contributed by atoms with Gasteiger partial charge < -0.3 is 14.9 Å². The molecule has 1 aromatic heterocycles. The molecule has 6 nitrogen and oxygen atoms in total. The van der Waals surface area contributed by atoms with Crippen molar-refractivity contribution >= 4 is 5.91 Å². The highest BCUT2D eigenvalue weighted by Crippen LogP contribution is 2.20. The summed E-state index contributed by atoms with van der Waals surface area (Å²) < 4.78 is 5.07. The van der Waals surface area contributed by atoms with Gasteiger partial charge in [-0.1, -0.05) is 12.1 Å². The van der Waals surface area contributed by atoms with Crippen LogP contribution in [-0.2, 0) is 17.6 Å². The van der Waals surface area contributed by atoms with Gasteiger partial charge in [-0.15, -0.1) is 0 Å². The summed E-state index contributed by atoms with van der Waals surface area (Å²) in [7, 11) is 0. The largest absolute Gasteiger partial charge is 0.388 e. The molecule has 6 heteroatoms. The van der Waals surface area contributed by atoms with Crippen LogP contribution in [0.25, 0.3) is 0 Å². The van der Waals surface area contributed by atoms with E-state index in [1.165, 1.54) is 0 Å². The van der Waals surface area contributed by atoms with Crippen LogP contribution in [0.4, 0.5) is 0 Å². The maximum atomic E-state index is 11.9. The lowest BCUT2D eigenvalue weighted by atomic mass is 9.86. The van der Waals surface area contributed by atoms with Crippen molar-refractivity contribution in [2.24, 2.45) is 0 Å². The lowest BCUT2D eigenvalue weighted by Gasteiger charge is -2.38. The Morgan fingerprint density at radius 2 is 1.95 bits per heavy atom. The minimum atomic E-state index is -0.999. The van der Waals surface area contributed by atoms with Crippen molar-refractivity contribution in [3.05, 3.63) is 11.7 Å². The lowest BCUT2D eigenvalue weighted by molar-refractivity contribution is -0.126. The van der Waals surface area contributed by atoms with Crippen LogP contribution in [0.3, 0.4) is 0 Å². The zero-order chi connectivity index (χ0) is 15.4. The second kappa shape index (κ2) is 6.35. The quantitative estimate of drug-likeness (QED) is 0.794. The molecule has 1 aromatic rings. The summed E-state index contributed by atoms with van der Waals surface area (Å²) in [5.74, 6) is 1.01. The number of aromatic nitrogens is 2. The van der Waals surface area contributed by atoms with E-state index in [9.17, 15) is 9.90 Å². The summed E-state index contributed by atoms with van der Waals surface area (Å²) in [6, 6.07) is 0.